The predicted molar refractivity (Wildman–Crippen MR) is 82.3 cm³/mol. The quantitative estimate of drug-likeness (QED) is 0.754. The topological polar surface area (TPSA) is 28.4 Å². The lowest BCUT2D eigenvalue weighted by molar-refractivity contribution is 0.282. The zero-order valence-electron chi connectivity index (χ0n) is 12.7. The van der Waals surface area contributed by atoms with Gasteiger partial charge in [-0.15, -0.1) is 0 Å². The van der Waals surface area contributed by atoms with Crippen molar-refractivity contribution in [3.8, 4) is 0 Å². The average molecular weight is 290 g/mol. The van der Waals surface area contributed by atoms with Gasteiger partial charge in [-0.1, -0.05) is 19.1 Å². The molecule has 0 fully saturated rings. The highest BCUT2D eigenvalue weighted by molar-refractivity contribution is 5.16. The second-order valence-corrected chi connectivity index (χ2v) is 5.34. The van der Waals surface area contributed by atoms with E-state index in [0.29, 0.717) is 0 Å². The first-order valence-corrected chi connectivity index (χ1v) is 7.38. The number of nitrogens with one attached hydrogen (secondary N) is 1. The monoisotopic (exact) mass is 290 g/mol. The van der Waals surface area contributed by atoms with Gasteiger partial charge in [0.25, 0.3) is 0 Å². The van der Waals surface area contributed by atoms with E-state index in [9.17, 15) is 4.39 Å². The Balaban J connectivity index is 1.82. The third-order valence-corrected chi connectivity index (χ3v) is 3.23. The number of halogens is 1. The molecular formula is C17H23FN2O. The Bertz CT molecular complexity index is 536. The number of hydrogen-bond donors (Lipinski definition) is 1. The molecule has 0 radical (unpaired) electrons. The van der Waals surface area contributed by atoms with Crippen molar-refractivity contribution < 1.29 is 8.81 Å². The van der Waals surface area contributed by atoms with Crippen molar-refractivity contribution in [2.45, 2.75) is 33.0 Å². The number of rotatable bonds is 8. The maximum Gasteiger partial charge on any atom is 0.123 e. The van der Waals surface area contributed by atoms with Gasteiger partial charge in [-0.2, -0.15) is 0 Å². The van der Waals surface area contributed by atoms with Gasteiger partial charge >= 0.3 is 0 Å². The third kappa shape index (κ3) is 5.33. The fourth-order valence-corrected chi connectivity index (χ4v) is 2.21. The summed E-state index contributed by atoms with van der Waals surface area (Å²) in [7, 11) is 2.03. The van der Waals surface area contributed by atoms with Crippen molar-refractivity contribution in [1.82, 2.24) is 10.2 Å². The lowest BCUT2D eigenvalue weighted by atomic mass is 10.2. The molecule has 1 aromatic heterocycles. The zero-order chi connectivity index (χ0) is 15.1. The maximum absolute atomic E-state index is 12.9. The number of benzene rings is 1. The summed E-state index contributed by atoms with van der Waals surface area (Å²) in [6.45, 7) is 5.43. The van der Waals surface area contributed by atoms with E-state index >= 15 is 0 Å². The molecule has 0 unspecified atom stereocenters. The van der Waals surface area contributed by atoms with Crippen molar-refractivity contribution in [3.05, 3.63) is 59.3 Å². The Morgan fingerprint density at radius 1 is 1.05 bits per heavy atom. The molecule has 0 amide bonds. The van der Waals surface area contributed by atoms with E-state index < -0.39 is 0 Å². The fraction of sp³-hybridized carbons (Fsp3) is 0.412. The number of hydrogen-bond acceptors (Lipinski definition) is 3. The molecule has 3 nitrogen and oxygen atoms in total. The highest BCUT2D eigenvalue weighted by Gasteiger charge is 2.06. The van der Waals surface area contributed by atoms with Crippen LogP contribution in [0.4, 0.5) is 4.39 Å². The van der Waals surface area contributed by atoms with Crippen LogP contribution in [0.15, 0.2) is 40.8 Å². The SMILES string of the molecule is CCCNCc1ccc(CN(C)Cc2ccc(F)cc2)o1. The molecule has 114 valence electrons. The van der Waals surface area contributed by atoms with Crippen molar-refractivity contribution in [3.63, 3.8) is 0 Å². The summed E-state index contributed by atoms with van der Waals surface area (Å²) in [5.41, 5.74) is 1.09. The summed E-state index contributed by atoms with van der Waals surface area (Å²) in [6, 6.07) is 10.6. The Morgan fingerprint density at radius 2 is 1.76 bits per heavy atom. The van der Waals surface area contributed by atoms with Crippen LogP contribution in [0, 0.1) is 5.82 Å². The zero-order valence-corrected chi connectivity index (χ0v) is 12.7. The second kappa shape index (κ2) is 7.96. The molecule has 0 aliphatic carbocycles. The van der Waals surface area contributed by atoms with Crippen molar-refractivity contribution >= 4 is 0 Å². The Labute approximate surface area is 125 Å². The maximum atomic E-state index is 12.9. The Kier molecular flexibility index (Phi) is 5.96. The Morgan fingerprint density at radius 3 is 2.48 bits per heavy atom. The first-order chi connectivity index (χ1) is 10.2. The molecule has 4 heteroatoms. The summed E-state index contributed by atoms with van der Waals surface area (Å²) in [5, 5.41) is 3.32. The van der Waals surface area contributed by atoms with E-state index in [1.165, 1.54) is 12.1 Å². The molecule has 0 bridgehead atoms. The third-order valence-electron chi connectivity index (χ3n) is 3.23. The highest BCUT2D eigenvalue weighted by atomic mass is 19.1. The van der Waals surface area contributed by atoms with Crippen LogP contribution >= 0.6 is 0 Å². The van der Waals surface area contributed by atoms with Gasteiger partial charge in [0.2, 0.25) is 0 Å². The number of nitrogens with zero attached hydrogens (tertiary/aromatic N) is 1. The van der Waals surface area contributed by atoms with Crippen LogP contribution in [-0.4, -0.2) is 18.5 Å². The minimum atomic E-state index is -0.198. The van der Waals surface area contributed by atoms with Crippen LogP contribution in [-0.2, 0) is 19.6 Å². The van der Waals surface area contributed by atoms with Crippen molar-refractivity contribution in [2.24, 2.45) is 0 Å². The van der Waals surface area contributed by atoms with Gasteiger partial charge in [-0.05, 0) is 49.8 Å². The Hall–Kier alpha value is -1.65. The van der Waals surface area contributed by atoms with Crippen LogP contribution < -0.4 is 5.32 Å². The summed E-state index contributed by atoms with van der Waals surface area (Å²) < 4.78 is 18.7. The summed E-state index contributed by atoms with van der Waals surface area (Å²) in [4.78, 5) is 2.15. The lowest BCUT2D eigenvalue weighted by Crippen LogP contribution is -2.17. The molecule has 0 aliphatic heterocycles. The fourth-order valence-electron chi connectivity index (χ4n) is 2.21. The van der Waals surface area contributed by atoms with Gasteiger partial charge in [0.15, 0.2) is 0 Å². The molecule has 2 rings (SSSR count). The summed E-state index contributed by atoms with van der Waals surface area (Å²) in [5.74, 6) is 1.72. The second-order valence-electron chi connectivity index (χ2n) is 5.34. The molecule has 1 heterocycles. The van der Waals surface area contributed by atoms with Crippen LogP contribution in [0.1, 0.15) is 30.4 Å². The van der Waals surface area contributed by atoms with E-state index in [4.69, 9.17) is 4.42 Å². The van der Waals surface area contributed by atoms with Crippen molar-refractivity contribution in [1.29, 1.82) is 0 Å². The first kappa shape index (κ1) is 15.7. The van der Waals surface area contributed by atoms with Crippen LogP contribution in [0.3, 0.4) is 0 Å². The van der Waals surface area contributed by atoms with Gasteiger partial charge in [0.1, 0.15) is 17.3 Å². The lowest BCUT2D eigenvalue weighted by Gasteiger charge is -2.15. The minimum absolute atomic E-state index is 0.198. The standard InChI is InChI=1S/C17H23FN2O/c1-3-10-19-11-16-8-9-17(21-16)13-20(2)12-14-4-6-15(18)7-5-14/h4-9,19H,3,10-13H2,1-2H3. The van der Waals surface area contributed by atoms with E-state index in [0.717, 1.165) is 49.7 Å². The molecule has 2 aromatic rings. The minimum Gasteiger partial charge on any atom is -0.463 e. The van der Waals surface area contributed by atoms with E-state index in [1.54, 1.807) is 0 Å². The van der Waals surface area contributed by atoms with Crippen LogP contribution in [0.25, 0.3) is 0 Å². The van der Waals surface area contributed by atoms with Gasteiger partial charge in [0.05, 0.1) is 13.1 Å². The molecule has 0 aliphatic rings. The highest BCUT2D eigenvalue weighted by Crippen LogP contribution is 2.12. The summed E-state index contributed by atoms with van der Waals surface area (Å²) >= 11 is 0. The van der Waals surface area contributed by atoms with E-state index in [1.807, 2.05) is 31.3 Å². The van der Waals surface area contributed by atoms with Gasteiger partial charge in [-0.25, -0.2) is 4.39 Å². The summed E-state index contributed by atoms with van der Waals surface area (Å²) in [6.07, 6.45) is 1.12. The smallest absolute Gasteiger partial charge is 0.123 e. The van der Waals surface area contributed by atoms with Gasteiger partial charge < -0.3 is 9.73 Å². The van der Waals surface area contributed by atoms with Gasteiger partial charge in [-0.3, -0.25) is 4.90 Å². The first-order valence-electron chi connectivity index (χ1n) is 7.38. The molecule has 1 aromatic carbocycles. The molecular weight excluding hydrogens is 267 g/mol. The average Bonchev–Trinajstić information content (AvgIpc) is 2.89. The normalized spacial score (nSPS) is 11.2. The molecule has 21 heavy (non-hydrogen) atoms. The van der Waals surface area contributed by atoms with E-state index in [2.05, 4.69) is 17.1 Å². The number of furan rings is 1. The van der Waals surface area contributed by atoms with Gasteiger partial charge in [0, 0.05) is 6.54 Å². The largest absolute Gasteiger partial charge is 0.463 e. The van der Waals surface area contributed by atoms with Crippen LogP contribution in [0.5, 0.6) is 0 Å². The molecule has 0 saturated heterocycles. The predicted octanol–water partition coefficient (Wildman–Crippen LogP) is 3.55. The molecule has 1 N–H and O–H groups in total. The van der Waals surface area contributed by atoms with Crippen LogP contribution in [0.2, 0.25) is 0 Å². The van der Waals surface area contributed by atoms with Crippen molar-refractivity contribution in [2.75, 3.05) is 13.6 Å². The van der Waals surface area contributed by atoms with E-state index in [-0.39, 0.29) is 5.82 Å². The molecule has 0 spiro atoms. The molecule has 0 saturated carbocycles. The molecule has 0 atom stereocenters.